The maximum Gasteiger partial charge on any atom is 0.408 e. The van der Waals surface area contributed by atoms with E-state index >= 15 is 0 Å². The van der Waals surface area contributed by atoms with Crippen LogP contribution in [-0.4, -0.2) is 59.6 Å². The van der Waals surface area contributed by atoms with Crippen LogP contribution < -0.4 is 10.6 Å². The zero-order chi connectivity index (χ0) is 28.5. The molecule has 3 amide bonds. The molecule has 2 atom stereocenters. The number of hydrogen-bond acceptors (Lipinski definition) is 6. The van der Waals surface area contributed by atoms with Crippen LogP contribution in [0.3, 0.4) is 0 Å². The zero-order valence-electron chi connectivity index (χ0n) is 24.0. The third-order valence-electron chi connectivity index (χ3n) is 6.36. The minimum atomic E-state index is -0.911. The van der Waals surface area contributed by atoms with E-state index in [-0.39, 0.29) is 43.3 Å². The van der Waals surface area contributed by atoms with E-state index in [4.69, 9.17) is 9.47 Å². The summed E-state index contributed by atoms with van der Waals surface area (Å²) in [5.41, 5.74) is 0.865. The normalized spacial score (nSPS) is 15.2. The lowest BCUT2D eigenvalue weighted by Gasteiger charge is -2.44. The molecular formula is C29H45N3O6. The highest BCUT2D eigenvalue weighted by Gasteiger charge is 2.42. The van der Waals surface area contributed by atoms with Crippen LogP contribution in [0.1, 0.15) is 90.8 Å². The van der Waals surface area contributed by atoms with Crippen LogP contribution in [0.5, 0.6) is 0 Å². The van der Waals surface area contributed by atoms with Gasteiger partial charge in [-0.05, 0) is 77.3 Å². The van der Waals surface area contributed by atoms with E-state index in [1.165, 1.54) is 0 Å². The van der Waals surface area contributed by atoms with Crippen LogP contribution in [-0.2, 0) is 23.9 Å². The number of nitrogens with zero attached hydrogens (tertiary/aromatic N) is 1. The molecule has 0 radical (unpaired) electrons. The molecule has 0 aliphatic heterocycles. The molecule has 212 valence electrons. The summed E-state index contributed by atoms with van der Waals surface area (Å²) in [5.74, 6) is -0.976. The first kappa shape index (κ1) is 31.1. The highest BCUT2D eigenvalue weighted by Crippen LogP contribution is 2.35. The lowest BCUT2D eigenvalue weighted by molar-refractivity contribution is -0.148. The van der Waals surface area contributed by atoms with Gasteiger partial charge in [-0.1, -0.05) is 38.1 Å². The zero-order valence-corrected chi connectivity index (χ0v) is 24.0. The van der Waals surface area contributed by atoms with Gasteiger partial charge in [0, 0.05) is 12.6 Å². The van der Waals surface area contributed by atoms with Gasteiger partial charge in [0.05, 0.1) is 13.0 Å². The quantitative estimate of drug-likeness (QED) is 0.386. The fourth-order valence-electron chi connectivity index (χ4n) is 4.43. The molecule has 2 rings (SSSR count). The number of aryl methyl sites for hydroxylation is 1. The number of hydrogen-bond donors (Lipinski definition) is 2. The first-order valence-electron chi connectivity index (χ1n) is 13.6. The van der Waals surface area contributed by atoms with Crippen LogP contribution >= 0.6 is 0 Å². The number of carbonyl (C=O) groups excluding carboxylic acids is 4. The lowest BCUT2D eigenvalue weighted by atomic mass is 9.86. The summed E-state index contributed by atoms with van der Waals surface area (Å²) >= 11 is 0. The first-order chi connectivity index (χ1) is 17.8. The monoisotopic (exact) mass is 531 g/mol. The number of ether oxygens (including phenoxy) is 2. The van der Waals surface area contributed by atoms with E-state index in [0.29, 0.717) is 12.0 Å². The summed E-state index contributed by atoms with van der Waals surface area (Å²) in [6.45, 7) is 13.2. The van der Waals surface area contributed by atoms with Crippen molar-refractivity contribution in [2.24, 2.45) is 5.92 Å². The highest BCUT2D eigenvalue weighted by molar-refractivity contribution is 5.92. The van der Waals surface area contributed by atoms with Gasteiger partial charge in [-0.3, -0.25) is 14.4 Å². The van der Waals surface area contributed by atoms with Crippen LogP contribution in [0.25, 0.3) is 0 Å². The Hall–Kier alpha value is -3.10. The van der Waals surface area contributed by atoms with Crippen molar-refractivity contribution >= 4 is 23.9 Å². The van der Waals surface area contributed by atoms with Crippen molar-refractivity contribution in [2.45, 2.75) is 104 Å². The number of esters is 1. The molecule has 0 saturated heterocycles. The molecule has 2 N–H and O–H groups in total. The molecule has 0 bridgehead atoms. The Bertz CT molecular complexity index is 967. The summed E-state index contributed by atoms with van der Waals surface area (Å²) in [7, 11) is 0. The van der Waals surface area contributed by atoms with Crippen LogP contribution in [0, 0.1) is 12.8 Å². The molecule has 1 fully saturated rings. The van der Waals surface area contributed by atoms with Crippen LogP contribution in [0.15, 0.2) is 24.3 Å². The number of carbonyl (C=O) groups is 4. The van der Waals surface area contributed by atoms with Gasteiger partial charge in [-0.25, -0.2) is 4.79 Å². The second-order valence-corrected chi connectivity index (χ2v) is 11.3. The van der Waals surface area contributed by atoms with Crippen molar-refractivity contribution in [3.05, 3.63) is 35.4 Å². The molecule has 1 aliphatic rings. The van der Waals surface area contributed by atoms with Gasteiger partial charge in [0.1, 0.15) is 17.7 Å². The number of rotatable bonds is 12. The third-order valence-corrected chi connectivity index (χ3v) is 6.36. The summed E-state index contributed by atoms with van der Waals surface area (Å²) in [4.78, 5) is 54.1. The van der Waals surface area contributed by atoms with Gasteiger partial charge >= 0.3 is 12.1 Å². The molecule has 1 aliphatic carbocycles. The van der Waals surface area contributed by atoms with E-state index in [9.17, 15) is 19.2 Å². The maximum atomic E-state index is 14.2. The van der Waals surface area contributed by atoms with Gasteiger partial charge in [0.2, 0.25) is 11.8 Å². The number of amides is 3. The molecule has 0 spiro atoms. The molecule has 9 nitrogen and oxygen atoms in total. The van der Waals surface area contributed by atoms with Crippen molar-refractivity contribution in [3.63, 3.8) is 0 Å². The van der Waals surface area contributed by atoms with Crippen molar-refractivity contribution in [1.82, 2.24) is 15.5 Å². The molecule has 1 saturated carbocycles. The minimum Gasteiger partial charge on any atom is -0.466 e. The number of benzene rings is 1. The average molecular weight is 532 g/mol. The topological polar surface area (TPSA) is 114 Å². The summed E-state index contributed by atoms with van der Waals surface area (Å²) in [5, 5.41) is 5.62. The Balaban J connectivity index is 2.42. The summed E-state index contributed by atoms with van der Waals surface area (Å²) in [6, 6.07) is 5.57. The number of alkyl carbamates (subject to hydrolysis) is 1. The van der Waals surface area contributed by atoms with Gasteiger partial charge in [-0.2, -0.15) is 0 Å². The van der Waals surface area contributed by atoms with E-state index in [1.54, 1.807) is 32.6 Å². The van der Waals surface area contributed by atoms with E-state index in [1.807, 2.05) is 45.0 Å². The van der Waals surface area contributed by atoms with Gasteiger partial charge < -0.3 is 25.0 Å². The molecule has 2 unspecified atom stereocenters. The molecule has 1 aromatic rings. The Morgan fingerprint density at radius 2 is 1.76 bits per heavy atom. The second kappa shape index (κ2) is 14.2. The average Bonchev–Trinajstić information content (AvgIpc) is 2.76. The molecule has 38 heavy (non-hydrogen) atoms. The Kier molecular flexibility index (Phi) is 11.6. The van der Waals surface area contributed by atoms with Crippen molar-refractivity contribution in [2.75, 3.05) is 13.2 Å². The fraction of sp³-hybridized carbons (Fsp3) is 0.655. The predicted octanol–water partition coefficient (Wildman–Crippen LogP) is 4.43. The van der Waals surface area contributed by atoms with Crippen LogP contribution in [0.2, 0.25) is 0 Å². The van der Waals surface area contributed by atoms with E-state index in [0.717, 1.165) is 24.8 Å². The SMILES string of the molecule is CCOC(=O)CCNC(=O)C(c1ccccc1C)N(C(=O)C(CC(C)C)NC(=O)OC(C)(C)C)C1CCC1. The largest absolute Gasteiger partial charge is 0.466 e. The second-order valence-electron chi connectivity index (χ2n) is 11.3. The Morgan fingerprint density at radius 1 is 1.11 bits per heavy atom. The van der Waals surface area contributed by atoms with E-state index < -0.39 is 29.7 Å². The standard InChI is InChI=1S/C29H45N3O6/c1-8-37-24(33)16-17-30-26(34)25(22-15-10-9-12-20(22)4)32(21-13-11-14-21)27(35)23(18-19(2)3)31-28(36)38-29(5,6)7/h9-10,12,15,19,21,23,25H,8,11,13-14,16-18H2,1-7H3,(H,30,34)(H,31,36). The van der Waals surface area contributed by atoms with Gasteiger partial charge in [0.25, 0.3) is 0 Å². The predicted molar refractivity (Wildman–Crippen MR) is 145 cm³/mol. The van der Waals surface area contributed by atoms with Gasteiger partial charge in [-0.15, -0.1) is 0 Å². The first-order valence-corrected chi connectivity index (χ1v) is 13.6. The van der Waals surface area contributed by atoms with Crippen molar-refractivity contribution < 1.29 is 28.7 Å². The molecule has 1 aromatic carbocycles. The summed E-state index contributed by atoms with van der Waals surface area (Å²) < 4.78 is 10.4. The fourth-order valence-corrected chi connectivity index (χ4v) is 4.43. The minimum absolute atomic E-state index is 0.0353. The van der Waals surface area contributed by atoms with E-state index in [2.05, 4.69) is 10.6 Å². The van der Waals surface area contributed by atoms with Gasteiger partial charge in [0.15, 0.2) is 0 Å². The Labute approximate surface area is 227 Å². The maximum absolute atomic E-state index is 14.2. The highest BCUT2D eigenvalue weighted by atomic mass is 16.6. The lowest BCUT2D eigenvalue weighted by Crippen LogP contribution is -2.58. The molecule has 0 heterocycles. The summed E-state index contributed by atoms with van der Waals surface area (Å²) in [6.07, 6.45) is 2.25. The van der Waals surface area contributed by atoms with Crippen LogP contribution in [0.4, 0.5) is 4.79 Å². The smallest absolute Gasteiger partial charge is 0.408 e. The molecular weight excluding hydrogens is 486 g/mol. The number of nitrogens with one attached hydrogen (secondary N) is 2. The van der Waals surface area contributed by atoms with Crippen molar-refractivity contribution in [1.29, 1.82) is 0 Å². The Morgan fingerprint density at radius 3 is 2.29 bits per heavy atom. The third kappa shape index (κ3) is 9.33. The van der Waals surface area contributed by atoms with Crippen molar-refractivity contribution in [3.8, 4) is 0 Å². The molecule has 9 heteroatoms. The molecule has 0 aromatic heterocycles.